The monoisotopic (exact) mass is 297 g/mol. The van der Waals surface area contributed by atoms with E-state index in [2.05, 4.69) is 15.5 Å². The number of aromatic nitrogens is 2. The zero-order valence-corrected chi connectivity index (χ0v) is 10.6. The Bertz CT molecular complexity index is 618. The van der Waals surface area contributed by atoms with Crippen molar-refractivity contribution >= 4 is 11.7 Å². The number of halogens is 3. The topological polar surface area (TPSA) is 64.1 Å². The summed E-state index contributed by atoms with van der Waals surface area (Å²) in [7, 11) is 0. The van der Waals surface area contributed by atoms with Gasteiger partial charge in [0, 0.05) is 6.20 Å². The van der Waals surface area contributed by atoms with Crippen LogP contribution in [0.1, 0.15) is 5.56 Å². The lowest BCUT2D eigenvalue weighted by atomic mass is 10.2. The second-order valence-electron chi connectivity index (χ2n) is 3.97. The molecule has 8 heteroatoms. The van der Waals surface area contributed by atoms with Crippen molar-refractivity contribution in [3.63, 3.8) is 0 Å². The highest BCUT2D eigenvalue weighted by molar-refractivity contribution is 5.90. The van der Waals surface area contributed by atoms with E-state index in [0.29, 0.717) is 0 Å². The van der Waals surface area contributed by atoms with Crippen molar-refractivity contribution < 1.29 is 22.7 Å². The van der Waals surface area contributed by atoms with E-state index in [4.69, 9.17) is 4.74 Å². The maximum Gasteiger partial charge on any atom is 0.416 e. The summed E-state index contributed by atoms with van der Waals surface area (Å²) in [6.07, 6.45) is -3.02. The van der Waals surface area contributed by atoms with Gasteiger partial charge >= 0.3 is 6.18 Å². The molecular weight excluding hydrogens is 287 g/mol. The van der Waals surface area contributed by atoms with E-state index in [9.17, 15) is 18.0 Å². The van der Waals surface area contributed by atoms with Crippen molar-refractivity contribution in [1.82, 2.24) is 10.2 Å². The van der Waals surface area contributed by atoms with E-state index in [1.807, 2.05) is 0 Å². The molecule has 0 unspecified atom stereocenters. The standard InChI is InChI=1S/C13H10F3N3O2/c14-13(15,16)9-3-1-4-10(7-9)21-8-12(20)18-11-5-2-6-17-19-11/h1-7H,8H2,(H,18,19,20). The molecule has 0 bridgehead atoms. The van der Waals surface area contributed by atoms with Crippen LogP contribution in [-0.2, 0) is 11.0 Å². The average Bonchev–Trinajstić information content (AvgIpc) is 2.46. The van der Waals surface area contributed by atoms with E-state index in [1.54, 1.807) is 6.07 Å². The predicted octanol–water partition coefficient (Wildman–Crippen LogP) is 2.51. The molecule has 2 aromatic rings. The normalized spacial score (nSPS) is 11.0. The van der Waals surface area contributed by atoms with Crippen LogP contribution in [0, 0.1) is 0 Å². The lowest BCUT2D eigenvalue weighted by Gasteiger charge is -2.10. The number of ether oxygens (including phenoxy) is 1. The Kier molecular flexibility index (Phi) is 4.36. The van der Waals surface area contributed by atoms with Gasteiger partial charge in [-0.1, -0.05) is 6.07 Å². The molecule has 5 nitrogen and oxygen atoms in total. The molecule has 0 aliphatic carbocycles. The van der Waals surface area contributed by atoms with Gasteiger partial charge in [-0.15, -0.1) is 5.10 Å². The van der Waals surface area contributed by atoms with Crippen LogP contribution < -0.4 is 10.1 Å². The summed E-state index contributed by atoms with van der Waals surface area (Å²) in [4.78, 5) is 11.5. The first-order valence-electron chi connectivity index (χ1n) is 5.83. The molecule has 0 atom stereocenters. The number of anilines is 1. The number of hydrogen-bond donors (Lipinski definition) is 1. The summed E-state index contributed by atoms with van der Waals surface area (Å²) >= 11 is 0. The maximum atomic E-state index is 12.5. The molecule has 110 valence electrons. The lowest BCUT2D eigenvalue weighted by molar-refractivity contribution is -0.137. The van der Waals surface area contributed by atoms with Gasteiger partial charge in [-0.3, -0.25) is 4.79 Å². The Labute approximate surface area is 117 Å². The number of carbonyl (C=O) groups is 1. The summed E-state index contributed by atoms with van der Waals surface area (Å²) in [5.74, 6) is -0.359. The fraction of sp³-hybridized carbons (Fsp3) is 0.154. The highest BCUT2D eigenvalue weighted by Crippen LogP contribution is 2.31. The second-order valence-corrected chi connectivity index (χ2v) is 3.97. The molecule has 1 aromatic heterocycles. The number of benzene rings is 1. The van der Waals surface area contributed by atoms with Gasteiger partial charge in [-0.25, -0.2) is 0 Å². The number of nitrogens with zero attached hydrogens (tertiary/aromatic N) is 2. The minimum absolute atomic E-state index is 0.0425. The van der Waals surface area contributed by atoms with Crippen LogP contribution in [0.5, 0.6) is 5.75 Å². The number of hydrogen-bond acceptors (Lipinski definition) is 4. The van der Waals surface area contributed by atoms with Gasteiger partial charge in [0.05, 0.1) is 5.56 Å². The molecule has 0 fully saturated rings. The molecular formula is C13H10F3N3O2. The molecule has 0 aliphatic heterocycles. The summed E-state index contributed by atoms with van der Waals surface area (Å²) in [5.41, 5.74) is -0.839. The molecule has 1 heterocycles. The molecule has 0 saturated carbocycles. The highest BCUT2D eigenvalue weighted by atomic mass is 19.4. The maximum absolute atomic E-state index is 12.5. The minimum atomic E-state index is -4.46. The Morgan fingerprint density at radius 1 is 1.24 bits per heavy atom. The van der Waals surface area contributed by atoms with Crippen molar-refractivity contribution in [1.29, 1.82) is 0 Å². The molecule has 0 spiro atoms. The van der Waals surface area contributed by atoms with E-state index >= 15 is 0 Å². The average molecular weight is 297 g/mol. The van der Waals surface area contributed by atoms with Crippen LogP contribution in [0.25, 0.3) is 0 Å². The van der Waals surface area contributed by atoms with Crippen molar-refractivity contribution in [2.24, 2.45) is 0 Å². The lowest BCUT2D eigenvalue weighted by Crippen LogP contribution is -2.21. The first-order valence-corrected chi connectivity index (χ1v) is 5.83. The summed E-state index contributed by atoms with van der Waals surface area (Å²) in [6, 6.07) is 7.40. The van der Waals surface area contributed by atoms with E-state index in [-0.39, 0.29) is 11.6 Å². The summed E-state index contributed by atoms with van der Waals surface area (Å²) in [5, 5.41) is 9.60. The number of amides is 1. The Hall–Kier alpha value is -2.64. The van der Waals surface area contributed by atoms with Gasteiger partial charge < -0.3 is 10.1 Å². The molecule has 2 rings (SSSR count). The van der Waals surface area contributed by atoms with Gasteiger partial charge in [0.1, 0.15) is 5.75 Å². The minimum Gasteiger partial charge on any atom is -0.484 e. The third-order valence-electron chi connectivity index (χ3n) is 2.37. The van der Waals surface area contributed by atoms with E-state index < -0.39 is 24.3 Å². The fourth-order valence-electron chi connectivity index (χ4n) is 1.46. The third kappa shape index (κ3) is 4.44. The molecule has 0 radical (unpaired) electrons. The van der Waals surface area contributed by atoms with Crippen LogP contribution in [0.3, 0.4) is 0 Å². The Balaban J connectivity index is 1.92. The SMILES string of the molecule is O=C(COc1cccc(C(F)(F)F)c1)Nc1cccnn1. The number of carbonyl (C=O) groups excluding carboxylic acids is 1. The summed E-state index contributed by atoms with van der Waals surface area (Å²) < 4.78 is 42.5. The van der Waals surface area contributed by atoms with Crippen molar-refractivity contribution in [2.45, 2.75) is 6.18 Å². The van der Waals surface area contributed by atoms with Crippen molar-refractivity contribution in [3.05, 3.63) is 48.2 Å². The quantitative estimate of drug-likeness (QED) is 0.941. The second kappa shape index (κ2) is 6.21. The van der Waals surface area contributed by atoms with Crippen LogP contribution in [0.15, 0.2) is 42.6 Å². The van der Waals surface area contributed by atoms with Gasteiger partial charge in [0.15, 0.2) is 12.4 Å². The largest absolute Gasteiger partial charge is 0.484 e. The first-order chi connectivity index (χ1) is 9.95. The van der Waals surface area contributed by atoms with Crippen LogP contribution in [-0.4, -0.2) is 22.7 Å². The number of nitrogens with one attached hydrogen (secondary N) is 1. The molecule has 0 saturated heterocycles. The summed E-state index contributed by atoms with van der Waals surface area (Å²) in [6.45, 7) is -0.433. The zero-order valence-electron chi connectivity index (χ0n) is 10.6. The van der Waals surface area contributed by atoms with Crippen molar-refractivity contribution in [2.75, 3.05) is 11.9 Å². The van der Waals surface area contributed by atoms with Gasteiger partial charge in [-0.2, -0.15) is 18.3 Å². The van der Waals surface area contributed by atoms with Gasteiger partial charge in [-0.05, 0) is 30.3 Å². The fourth-order valence-corrected chi connectivity index (χ4v) is 1.46. The highest BCUT2D eigenvalue weighted by Gasteiger charge is 2.30. The predicted molar refractivity (Wildman–Crippen MR) is 67.6 cm³/mol. The Morgan fingerprint density at radius 3 is 2.71 bits per heavy atom. The van der Waals surface area contributed by atoms with E-state index in [0.717, 1.165) is 12.1 Å². The third-order valence-corrected chi connectivity index (χ3v) is 2.37. The van der Waals surface area contributed by atoms with Crippen molar-refractivity contribution in [3.8, 4) is 5.75 Å². The zero-order chi connectivity index (χ0) is 15.3. The molecule has 21 heavy (non-hydrogen) atoms. The molecule has 0 aliphatic rings. The van der Waals surface area contributed by atoms with Gasteiger partial charge in [0.25, 0.3) is 5.91 Å². The molecule has 1 amide bonds. The number of alkyl halides is 3. The van der Waals surface area contributed by atoms with Crippen LogP contribution >= 0.6 is 0 Å². The van der Waals surface area contributed by atoms with Crippen LogP contribution in [0.4, 0.5) is 19.0 Å². The molecule has 1 aromatic carbocycles. The number of rotatable bonds is 4. The van der Waals surface area contributed by atoms with Crippen LogP contribution in [0.2, 0.25) is 0 Å². The molecule has 1 N–H and O–H groups in total. The van der Waals surface area contributed by atoms with E-state index in [1.165, 1.54) is 24.4 Å². The first kappa shape index (κ1) is 14.8. The smallest absolute Gasteiger partial charge is 0.416 e. The Morgan fingerprint density at radius 2 is 2.05 bits per heavy atom. The van der Waals surface area contributed by atoms with Gasteiger partial charge in [0.2, 0.25) is 0 Å².